The van der Waals surface area contributed by atoms with Crippen LogP contribution in [0.15, 0.2) is 60.0 Å². The molecule has 2 amide bonds. The molecule has 35 heavy (non-hydrogen) atoms. The van der Waals surface area contributed by atoms with Gasteiger partial charge in [-0.15, -0.1) is 11.3 Å². The SMILES string of the molecule is CC(C)(C)OC(=O)N(CCc1nc(C(=O)NCc2ccccc2)cs1)Cc1nc2ccccc2[nH]1. The van der Waals surface area contributed by atoms with E-state index in [1.54, 1.807) is 10.3 Å². The number of benzene rings is 2. The van der Waals surface area contributed by atoms with Gasteiger partial charge in [0.25, 0.3) is 5.91 Å². The van der Waals surface area contributed by atoms with Crippen LogP contribution in [0, 0.1) is 0 Å². The second-order valence-electron chi connectivity index (χ2n) is 9.15. The Morgan fingerprint density at radius 1 is 1.06 bits per heavy atom. The van der Waals surface area contributed by atoms with Gasteiger partial charge in [0, 0.05) is 24.9 Å². The summed E-state index contributed by atoms with van der Waals surface area (Å²) in [7, 11) is 0. The van der Waals surface area contributed by atoms with Crippen molar-refractivity contribution in [2.45, 2.75) is 45.9 Å². The molecule has 0 spiro atoms. The van der Waals surface area contributed by atoms with E-state index < -0.39 is 11.7 Å². The van der Waals surface area contributed by atoms with Gasteiger partial charge in [-0.05, 0) is 38.5 Å². The molecule has 0 saturated heterocycles. The van der Waals surface area contributed by atoms with Crippen molar-refractivity contribution in [1.29, 1.82) is 0 Å². The van der Waals surface area contributed by atoms with Crippen molar-refractivity contribution in [3.63, 3.8) is 0 Å². The molecule has 0 bridgehead atoms. The zero-order valence-corrected chi connectivity index (χ0v) is 20.9. The van der Waals surface area contributed by atoms with Crippen LogP contribution in [0.2, 0.25) is 0 Å². The van der Waals surface area contributed by atoms with Crippen LogP contribution in [0.25, 0.3) is 11.0 Å². The lowest BCUT2D eigenvalue weighted by Gasteiger charge is -2.26. The van der Waals surface area contributed by atoms with E-state index in [9.17, 15) is 9.59 Å². The molecule has 0 fully saturated rings. The molecule has 0 aliphatic rings. The van der Waals surface area contributed by atoms with Gasteiger partial charge in [-0.25, -0.2) is 14.8 Å². The summed E-state index contributed by atoms with van der Waals surface area (Å²) in [6.45, 7) is 6.61. The van der Waals surface area contributed by atoms with Crippen LogP contribution in [0.1, 0.15) is 47.7 Å². The largest absolute Gasteiger partial charge is 0.444 e. The van der Waals surface area contributed by atoms with E-state index in [0.717, 1.165) is 21.6 Å². The predicted octanol–water partition coefficient (Wildman–Crippen LogP) is 4.93. The van der Waals surface area contributed by atoms with Crippen molar-refractivity contribution in [1.82, 2.24) is 25.2 Å². The summed E-state index contributed by atoms with van der Waals surface area (Å²) in [5, 5.41) is 5.41. The van der Waals surface area contributed by atoms with Crippen LogP contribution in [0.3, 0.4) is 0 Å². The van der Waals surface area contributed by atoms with Gasteiger partial charge in [-0.1, -0.05) is 42.5 Å². The third kappa shape index (κ3) is 6.89. The quantitative estimate of drug-likeness (QED) is 0.364. The van der Waals surface area contributed by atoms with Gasteiger partial charge in [0.2, 0.25) is 0 Å². The zero-order valence-electron chi connectivity index (χ0n) is 20.1. The van der Waals surface area contributed by atoms with Crippen LogP contribution >= 0.6 is 11.3 Å². The highest BCUT2D eigenvalue weighted by Crippen LogP contribution is 2.17. The summed E-state index contributed by atoms with van der Waals surface area (Å²) >= 11 is 1.40. The van der Waals surface area contributed by atoms with Crippen molar-refractivity contribution in [2.75, 3.05) is 6.54 Å². The Morgan fingerprint density at radius 2 is 1.80 bits per heavy atom. The molecule has 0 aliphatic heterocycles. The highest BCUT2D eigenvalue weighted by molar-refractivity contribution is 7.09. The zero-order chi connectivity index (χ0) is 24.8. The number of carbonyl (C=O) groups excluding carboxylic acids is 2. The number of fused-ring (bicyclic) bond motifs is 1. The summed E-state index contributed by atoms with van der Waals surface area (Å²) < 4.78 is 5.62. The molecular weight excluding hydrogens is 462 g/mol. The summed E-state index contributed by atoms with van der Waals surface area (Å²) in [4.78, 5) is 39.3. The second kappa shape index (κ2) is 10.7. The first-order valence-corrected chi connectivity index (χ1v) is 12.3. The van der Waals surface area contributed by atoms with E-state index in [1.165, 1.54) is 11.3 Å². The van der Waals surface area contributed by atoms with E-state index in [-0.39, 0.29) is 12.5 Å². The number of hydrogen-bond acceptors (Lipinski definition) is 6. The molecular formula is C26H29N5O3S. The Kier molecular flexibility index (Phi) is 7.45. The number of thiazole rings is 1. The van der Waals surface area contributed by atoms with Crippen LogP contribution in [0.4, 0.5) is 4.79 Å². The minimum Gasteiger partial charge on any atom is -0.444 e. The van der Waals surface area contributed by atoms with Gasteiger partial charge in [0.1, 0.15) is 17.1 Å². The first-order chi connectivity index (χ1) is 16.8. The van der Waals surface area contributed by atoms with E-state index in [1.807, 2.05) is 75.4 Å². The molecule has 4 aromatic rings. The maximum Gasteiger partial charge on any atom is 0.410 e. The number of aromatic nitrogens is 3. The van der Waals surface area contributed by atoms with E-state index in [2.05, 4.69) is 20.3 Å². The van der Waals surface area contributed by atoms with Crippen molar-refractivity contribution in [3.05, 3.63) is 82.1 Å². The smallest absolute Gasteiger partial charge is 0.410 e. The van der Waals surface area contributed by atoms with Gasteiger partial charge >= 0.3 is 6.09 Å². The number of hydrogen-bond donors (Lipinski definition) is 2. The number of para-hydroxylation sites is 2. The van der Waals surface area contributed by atoms with Crippen molar-refractivity contribution < 1.29 is 14.3 Å². The molecule has 0 aliphatic carbocycles. The minimum absolute atomic E-state index is 0.220. The molecule has 4 rings (SSSR count). The number of rotatable bonds is 8. The maximum absolute atomic E-state index is 12.9. The third-order valence-corrected chi connectivity index (χ3v) is 6.02. The summed E-state index contributed by atoms with van der Waals surface area (Å²) in [5.74, 6) is 0.458. The normalized spacial score (nSPS) is 11.4. The second-order valence-corrected chi connectivity index (χ2v) is 10.1. The fourth-order valence-corrected chi connectivity index (χ4v) is 4.22. The van der Waals surface area contributed by atoms with E-state index in [4.69, 9.17) is 4.74 Å². The Balaban J connectivity index is 1.40. The van der Waals surface area contributed by atoms with Gasteiger partial charge in [-0.2, -0.15) is 0 Å². The van der Waals surface area contributed by atoms with Gasteiger partial charge in [0.15, 0.2) is 0 Å². The van der Waals surface area contributed by atoms with Crippen LogP contribution in [0.5, 0.6) is 0 Å². The van der Waals surface area contributed by atoms with Crippen LogP contribution < -0.4 is 5.32 Å². The first-order valence-electron chi connectivity index (χ1n) is 11.4. The molecule has 8 nitrogen and oxygen atoms in total. The van der Waals surface area contributed by atoms with Gasteiger partial charge in [-0.3, -0.25) is 4.79 Å². The molecule has 2 heterocycles. The summed E-state index contributed by atoms with van der Waals surface area (Å²) in [6, 6.07) is 17.5. The molecule has 2 N–H and O–H groups in total. The number of ether oxygens (including phenoxy) is 1. The van der Waals surface area contributed by atoms with Crippen molar-refractivity contribution >= 4 is 34.4 Å². The number of imidazole rings is 1. The molecule has 0 unspecified atom stereocenters. The summed E-state index contributed by atoms with van der Waals surface area (Å²) in [6.07, 6.45) is 0.0752. The van der Waals surface area contributed by atoms with Gasteiger partial charge in [0.05, 0.1) is 22.6 Å². The topological polar surface area (TPSA) is 100 Å². The Labute approximate surface area is 208 Å². The van der Waals surface area contributed by atoms with Crippen LogP contribution in [-0.4, -0.2) is 44.0 Å². The summed E-state index contributed by atoms with van der Waals surface area (Å²) in [5.41, 5.74) is 2.54. The lowest BCUT2D eigenvalue weighted by Crippen LogP contribution is -2.37. The van der Waals surface area contributed by atoms with E-state index >= 15 is 0 Å². The third-order valence-electron chi connectivity index (χ3n) is 5.11. The molecule has 0 atom stereocenters. The lowest BCUT2D eigenvalue weighted by molar-refractivity contribution is 0.0231. The highest BCUT2D eigenvalue weighted by Gasteiger charge is 2.24. The van der Waals surface area contributed by atoms with E-state index in [0.29, 0.717) is 31.0 Å². The number of carbonyl (C=O) groups is 2. The number of aromatic amines is 1. The number of nitrogens with one attached hydrogen (secondary N) is 2. The molecule has 2 aromatic heterocycles. The molecule has 0 saturated carbocycles. The van der Waals surface area contributed by atoms with Crippen LogP contribution in [-0.2, 0) is 24.2 Å². The highest BCUT2D eigenvalue weighted by atomic mass is 32.1. The molecule has 182 valence electrons. The lowest BCUT2D eigenvalue weighted by atomic mass is 10.2. The molecule has 9 heteroatoms. The Hall–Kier alpha value is -3.72. The fourth-order valence-electron chi connectivity index (χ4n) is 3.45. The van der Waals surface area contributed by atoms with Gasteiger partial charge < -0.3 is 19.9 Å². The predicted molar refractivity (Wildman–Crippen MR) is 136 cm³/mol. The Bertz CT molecular complexity index is 1260. The number of amides is 2. The monoisotopic (exact) mass is 491 g/mol. The maximum atomic E-state index is 12.9. The minimum atomic E-state index is -0.617. The van der Waals surface area contributed by atoms with Crippen molar-refractivity contribution in [2.24, 2.45) is 0 Å². The number of H-pyrrole nitrogens is 1. The average molecular weight is 492 g/mol. The number of nitrogens with zero attached hydrogens (tertiary/aromatic N) is 3. The Morgan fingerprint density at radius 3 is 2.54 bits per heavy atom. The van der Waals surface area contributed by atoms with Crippen molar-refractivity contribution in [3.8, 4) is 0 Å². The molecule has 2 aromatic carbocycles. The molecule has 0 radical (unpaired) electrons. The fraction of sp³-hybridized carbons (Fsp3) is 0.308. The average Bonchev–Trinajstić information content (AvgIpc) is 3.46. The first kappa shape index (κ1) is 24.4. The standard InChI is InChI=1S/C26H29N5O3S/c1-26(2,3)34-25(33)31(16-22-28-19-11-7-8-12-20(19)29-22)14-13-23-30-21(17-35-23)24(32)27-15-18-9-5-4-6-10-18/h4-12,17H,13-16H2,1-3H3,(H,27,32)(H,28,29).